The van der Waals surface area contributed by atoms with Crippen molar-refractivity contribution >= 4 is 11.8 Å². The molecule has 0 amide bonds. The van der Waals surface area contributed by atoms with Crippen LogP contribution in [0.5, 0.6) is 5.75 Å². The lowest BCUT2D eigenvalue weighted by molar-refractivity contribution is 0.203. The topological polar surface area (TPSA) is 29.5 Å². The third kappa shape index (κ3) is 3.71. The summed E-state index contributed by atoms with van der Waals surface area (Å²) in [6.07, 6.45) is -0.830. The number of thioether (sulfide) groups is 1. The molecule has 0 saturated carbocycles. The molecule has 106 valence electrons. The van der Waals surface area contributed by atoms with E-state index in [0.717, 1.165) is 4.90 Å². The lowest BCUT2D eigenvalue weighted by atomic mass is 10.1. The molecule has 0 fully saturated rings. The SMILES string of the molecule is COc1ccc(C(O)CSc2cccc(F)c2)cc1F. The van der Waals surface area contributed by atoms with Crippen molar-refractivity contribution in [3.8, 4) is 5.75 Å². The van der Waals surface area contributed by atoms with Gasteiger partial charge in [0.15, 0.2) is 11.6 Å². The molecular weight excluding hydrogens is 282 g/mol. The van der Waals surface area contributed by atoms with Gasteiger partial charge in [0.2, 0.25) is 0 Å². The van der Waals surface area contributed by atoms with Crippen molar-refractivity contribution in [1.29, 1.82) is 0 Å². The van der Waals surface area contributed by atoms with Gasteiger partial charge in [0.1, 0.15) is 5.82 Å². The molecule has 2 aromatic carbocycles. The first-order valence-corrected chi connectivity index (χ1v) is 6.98. The second kappa shape index (κ2) is 6.72. The lowest BCUT2D eigenvalue weighted by Gasteiger charge is -2.12. The maximum atomic E-state index is 13.5. The van der Waals surface area contributed by atoms with Crippen molar-refractivity contribution in [1.82, 2.24) is 0 Å². The van der Waals surface area contributed by atoms with Crippen LogP contribution in [0.15, 0.2) is 47.4 Å². The molecule has 0 aliphatic carbocycles. The highest BCUT2D eigenvalue weighted by atomic mass is 32.2. The Hall–Kier alpha value is -1.59. The zero-order chi connectivity index (χ0) is 14.5. The van der Waals surface area contributed by atoms with Crippen molar-refractivity contribution in [3.05, 3.63) is 59.7 Å². The van der Waals surface area contributed by atoms with Gasteiger partial charge in [0.05, 0.1) is 13.2 Å². The number of methoxy groups -OCH3 is 1. The molecule has 1 N–H and O–H groups in total. The molecule has 1 atom stereocenters. The average molecular weight is 296 g/mol. The summed E-state index contributed by atoms with van der Waals surface area (Å²) < 4.78 is 31.4. The summed E-state index contributed by atoms with van der Waals surface area (Å²) in [5.74, 6) is -0.381. The molecule has 2 rings (SSSR count). The maximum absolute atomic E-state index is 13.5. The molecule has 5 heteroatoms. The largest absolute Gasteiger partial charge is 0.494 e. The molecule has 0 aliphatic rings. The van der Waals surface area contributed by atoms with Crippen LogP contribution < -0.4 is 4.74 Å². The first-order valence-electron chi connectivity index (χ1n) is 6.00. The highest BCUT2D eigenvalue weighted by molar-refractivity contribution is 7.99. The number of aliphatic hydroxyl groups is 1. The van der Waals surface area contributed by atoms with Gasteiger partial charge in [-0.2, -0.15) is 0 Å². The monoisotopic (exact) mass is 296 g/mol. The van der Waals surface area contributed by atoms with Gasteiger partial charge in [-0.3, -0.25) is 0 Å². The molecule has 0 aromatic heterocycles. The summed E-state index contributed by atoms with van der Waals surface area (Å²) in [5, 5.41) is 10.0. The summed E-state index contributed by atoms with van der Waals surface area (Å²) in [6, 6.07) is 10.5. The van der Waals surface area contributed by atoms with Crippen molar-refractivity contribution in [2.24, 2.45) is 0 Å². The number of hydrogen-bond acceptors (Lipinski definition) is 3. The lowest BCUT2D eigenvalue weighted by Crippen LogP contribution is -2.02. The summed E-state index contributed by atoms with van der Waals surface area (Å²) >= 11 is 1.31. The van der Waals surface area contributed by atoms with Gasteiger partial charge in [-0.1, -0.05) is 12.1 Å². The van der Waals surface area contributed by atoms with Gasteiger partial charge < -0.3 is 9.84 Å². The molecule has 0 aliphatic heterocycles. The van der Waals surface area contributed by atoms with Gasteiger partial charge >= 0.3 is 0 Å². The van der Waals surface area contributed by atoms with Crippen LogP contribution in [0.2, 0.25) is 0 Å². The van der Waals surface area contributed by atoms with Crippen LogP contribution in [0, 0.1) is 11.6 Å². The first kappa shape index (κ1) is 14.8. The molecule has 0 radical (unpaired) electrons. The van der Waals surface area contributed by atoms with Crippen LogP contribution in [0.3, 0.4) is 0 Å². The predicted octanol–water partition coefficient (Wildman–Crippen LogP) is 3.80. The molecule has 2 aromatic rings. The molecule has 1 unspecified atom stereocenters. The Morgan fingerprint density at radius 3 is 2.65 bits per heavy atom. The van der Waals surface area contributed by atoms with Crippen LogP contribution >= 0.6 is 11.8 Å². The van der Waals surface area contributed by atoms with Crippen molar-refractivity contribution in [3.63, 3.8) is 0 Å². The number of hydrogen-bond donors (Lipinski definition) is 1. The second-order valence-electron chi connectivity index (χ2n) is 4.18. The highest BCUT2D eigenvalue weighted by Gasteiger charge is 2.12. The van der Waals surface area contributed by atoms with E-state index in [1.54, 1.807) is 18.2 Å². The first-order chi connectivity index (χ1) is 9.60. The van der Waals surface area contributed by atoms with Crippen molar-refractivity contribution in [2.75, 3.05) is 12.9 Å². The minimum atomic E-state index is -0.830. The Morgan fingerprint density at radius 1 is 1.20 bits per heavy atom. The molecule has 0 bridgehead atoms. The number of benzene rings is 2. The normalized spacial score (nSPS) is 12.2. The molecule has 20 heavy (non-hydrogen) atoms. The van der Waals surface area contributed by atoms with Crippen LogP contribution in [-0.2, 0) is 0 Å². The Labute approximate surface area is 120 Å². The van der Waals surface area contributed by atoms with E-state index in [9.17, 15) is 13.9 Å². The quantitative estimate of drug-likeness (QED) is 0.851. The van der Waals surface area contributed by atoms with Gasteiger partial charge in [-0.05, 0) is 35.9 Å². The van der Waals surface area contributed by atoms with E-state index in [4.69, 9.17) is 4.74 Å². The van der Waals surface area contributed by atoms with Gasteiger partial charge in [0.25, 0.3) is 0 Å². The smallest absolute Gasteiger partial charge is 0.165 e. The van der Waals surface area contributed by atoms with E-state index in [1.165, 1.54) is 43.1 Å². The highest BCUT2D eigenvalue weighted by Crippen LogP contribution is 2.27. The van der Waals surface area contributed by atoms with E-state index in [0.29, 0.717) is 11.3 Å². The zero-order valence-corrected chi connectivity index (χ0v) is 11.7. The standard InChI is InChI=1S/C15H14F2O2S/c1-19-15-6-5-10(7-13(15)17)14(18)9-20-12-4-2-3-11(16)8-12/h2-8,14,18H,9H2,1H3. The number of ether oxygens (including phenoxy) is 1. The molecular formula is C15H14F2O2S. The van der Waals surface area contributed by atoms with Crippen LogP contribution in [0.25, 0.3) is 0 Å². The second-order valence-corrected chi connectivity index (χ2v) is 5.27. The molecule has 2 nitrogen and oxygen atoms in total. The number of aliphatic hydroxyl groups excluding tert-OH is 1. The summed E-state index contributed by atoms with van der Waals surface area (Å²) in [7, 11) is 1.38. The fourth-order valence-corrected chi connectivity index (χ4v) is 2.63. The third-order valence-corrected chi connectivity index (χ3v) is 3.83. The van der Waals surface area contributed by atoms with Gasteiger partial charge in [0, 0.05) is 10.6 Å². The van der Waals surface area contributed by atoms with Gasteiger partial charge in [-0.25, -0.2) is 8.78 Å². The Morgan fingerprint density at radius 2 is 2.00 bits per heavy atom. The van der Waals surface area contributed by atoms with E-state index >= 15 is 0 Å². The van der Waals surface area contributed by atoms with Crippen LogP contribution in [-0.4, -0.2) is 18.0 Å². The fraction of sp³-hybridized carbons (Fsp3) is 0.200. The Balaban J connectivity index is 2.01. The molecule has 0 spiro atoms. The van der Waals surface area contributed by atoms with E-state index in [2.05, 4.69) is 0 Å². The van der Waals surface area contributed by atoms with E-state index in [-0.39, 0.29) is 11.6 Å². The zero-order valence-electron chi connectivity index (χ0n) is 10.8. The summed E-state index contributed by atoms with van der Waals surface area (Å²) in [6.45, 7) is 0. The van der Waals surface area contributed by atoms with Gasteiger partial charge in [-0.15, -0.1) is 11.8 Å². The predicted molar refractivity (Wildman–Crippen MR) is 75.0 cm³/mol. The minimum Gasteiger partial charge on any atom is -0.494 e. The van der Waals surface area contributed by atoms with E-state index in [1.807, 2.05) is 0 Å². The van der Waals surface area contributed by atoms with E-state index < -0.39 is 11.9 Å². The number of rotatable bonds is 5. The Bertz CT molecular complexity index is 590. The third-order valence-electron chi connectivity index (χ3n) is 2.76. The van der Waals surface area contributed by atoms with Crippen molar-refractivity contribution in [2.45, 2.75) is 11.0 Å². The fourth-order valence-electron chi connectivity index (χ4n) is 1.72. The average Bonchev–Trinajstić information content (AvgIpc) is 2.44. The van der Waals surface area contributed by atoms with Crippen LogP contribution in [0.1, 0.15) is 11.7 Å². The minimum absolute atomic E-state index is 0.138. The maximum Gasteiger partial charge on any atom is 0.165 e. The Kier molecular flexibility index (Phi) is 4.98. The molecule has 0 saturated heterocycles. The summed E-state index contributed by atoms with van der Waals surface area (Å²) in [4.78, 5) is 0.720. The van der Waals surface area contributed by atoms with Crippen LogP contribution in [0.4, 0.5) is 8.78 Å². The number of halogens is 2. The molecule has 0 heterocycles. The van der Waals surface area contributed by atoms with Crippen molar-refractivity contribution < 1.29 is 18.6 Å². The summed E-state index contributed by atoms with van der Waals surface area (Å²) in [5.41, 5.74) is 0.465.